The van der Waals surface area contributed by atoms with E-state index in [2.05, 4.69) is 0 Å². The zero-order valence-corrected chi connectivity index (χ0v) is 4.50. The van der Waals surface area contributed by atoms with Gasteiger partial charge in [0.05, 0.1) is 9.60 Å². The Morgan fingerprint density at radius 2 is 2.56 bits per heavy atom. The van der Waals surface area contributed by atoms with Gasteiger partial charge in [-0.15, -0.1) is 0 Å². The molecule has 0 bridgehead atoms. The van der Waals surface area contributed by atoms with Crippen LogP contribution in [0.2, 0.25) is 0 Å². The molecule has 1 aromatic rings. The first kappa shape index (κ1) is 1.20. The van der Waals surface area contributed by atoms with Crippen LogP contribution in [0.3, 0.4) is 0 Å². The molecule has 1 aromatic carbocycles. The second-order valence-corrected chi connectivity index (χ2v) is 1.38. The average Bonchev–Trinajstić information content (AvgIpc) is 2.24. The van der Waals surface area contributed by atoms with Crippen LogP contribution in [0.4, 0.5) is 0 Å². The van der Waals surface area contributed by atoms with E-state index in [4.69, 9.17) is 13.7 Å². The lowest BCUT2D eigenvalue weighted by Gasteiger charge is -1.91. The van der Waals surface area contributed by atoms with Crippen molar-refractivity contribution in [2.24, 2.45) is 0 Å². The first-order chi connectivity index (χ1) is 8.50. The summed E-state index contributed by atoms with van der Waals surface area (Å²) in [4.78, 5) is 0. The molecular formula is C9H10. The van der Waals surface area contributed by atoms with Crippen LogP contribution in [0.25, 0.3) is 6.05 Å². The summed E-state index contributed by atoms with van der Waals surface area (Å²) in [5.74, 6) is 0. The number of hydrogen-bond donors (Lipinski definition) is 0. The van der Waals surface area contributed by atoms with Gasteiger partial charge in [-0.25, -0.2) is 0 Å². The van der Waals surface area contributed by atoms with Crippen molar-refractivity contribution in [1.82, 2.24) is 0 Å². The van der Waals surface area contributed by atoms with Gasteiger partial charge >= 0.3 is 0 Å². The molecule has 0 saturated heterocycles. The highest BCUT2D eigenvalue weighted by atomic mass is 13.9. The van der Waals surface area contributed by atoms with Gasteiger partial charge in [-0.2, -0.15) is 0 Å². The summed E-state index contributed by atoms with van der Waals surface area (Å²) < 4.78 is 73.4. The largest absolute Gasteiger partial charge is 0.0985 e. The summed E-state index contributed by atoms with van der Waals surface area (Å²) in [6, 6.07) is -3.79. The van der Waals surface area contributed by atoms with E-state index < -0.39 is 54.7 Å². The van der Waals surface area contributed by atoms with Gasteiger partial charge in [0.2, 0.25) is 0 Å². The van der Waals surface area contributed by atoms with Crippen molar-refractivity contribution in [2.75, 3.05) is 0 Å². The van der Waals surface area contributed by atoms with Gasteiger partial charge < -0.3 is 0 Å². The van der Waals surface area contributed by atoms with Crippen LogP contribution < -0.4 is 0 Å². The lowest BCUT2D eigenvalue weighted by Crippen LogP contribution is -1.71. The zero-order valence-electron chi connectivity index (χ0n) is 14.5. The van der Waals surface area contributed by atoms with Crippen molar-refractivity contribution in [1.29, 1.82) is 0 Å². The summed E-state index contributed by atoms with van der Waals surface area (Å²) in [7, 11) is 0. The fourth-order valence-corrected chi connectivity index (χ4v) is 0.375. The molecule has 0 nitrogen and oxygen atoms in total. The molecule has 0 spiro atoms. The maximum atomic E-state index is 7.62. The highest BCUT2D eigenvalue weighted by molar-refractivity contribution is 5.46. The Kier molecular flexibility index (Phi) is 0.331. The molecule has 0 aliphatic heterocycles. The number of hydrogen-bond acceptors (Lipinski definition) is 0. The summed E-state index contributed by atoms with van der Waals surface area (Å²) in [6.07, 6.45) is 0. The smallest absolute Gasteiger partial charge is 0.0629 e. The van der Waals surface area contributed by atoms with Gasteiger partial charge in [-0.1, -0.05) is 42.3 Å². The van der Waals surface area contributed by atoms with Crippen LogP contribution in [0, 0.1) is 6.85 Å². The maximum Gasteiger partial charge on any atom is 0.0629 e. The van der Waals surface area contributed by atoms with Crippen LogP contribution in [0.1, 0.15) is 24.8 Å². The zero-order chi connectivity index (χ0) is 15.1. The van der Waals surface area contributed by atoms with E-state index in [-0.39, 0.29) is 0 Å². The molecule has 0 atom stereocenters. The first-order valence-electron chi connectivity index (χ1n) is 7.25. The lowest BCUT2D eigenvalue weighted by molar-refractivity contribution is 1.46. The topological polar surface area (TPSA) is 0 Å². The Bertz CT molecular complexity index is 520. The van der Waals surface area contributed by atoms with Crippen molar-refractivity contribution in [3.8, 4) is 0 Å². The fourth-order valence-electron chi connectivity index (χ4n) is 0.375. The molecule has 9 heavy (non-hydrogen) atoms. The van der Waals surface area contributed by atoms with E-state index >= 15 is 0 Å². The van der Waals surface area contributed by atoms with E-state index in [0.717, 1.165) is 0 Å². The predicted octanol–water partition coefficient (Wildman–Crippen LogP) is 2.64. The minimum atomic E-state index is -2.81. The molecule has 0 heterocycles. The van der Waals surface area contributed by atoms with E-state index in [1.807, 2.05) is 0 Å². The molecule has 0 aliphatic carbocycles. The van der Waals surface area contributed by atoms with Crippen LogP contribution in [0.15, 0.2) is 30.7 Å². The molecule has 0 aliphatic rings. The second-order valence-electron chi connectivity index (χ2n) is 1.38. The second kappa shape index (κ2) is 2.49. The monoisotopic (exact) mass is 128 g/mol. The molecule has 0 N–H and O–H groups in total. The fraction of sp³-hybridized carbons (Fsp3) is 0.111. The van der Waals surface area contributed by atoms with Crippen LogP contribution in [-0.4, -0.2) is 0 Å². The van der Waals surface area contributed by atoms with Gasteiger partial charge in [-0.3, -0.25) is 0 Å². The van der Waals surface area contributed by atoms with Crippen LogP contribution in [-0.2, 0) is 0 Å². The van der Waals surface area contributed by atoms with Crippen molar-refractivity contribution in [2.45, 2.75) is 6.85 Å². The molecule has 0 amide bonds. The van der Waals surface area contributed by atoms with E-state index in [9.17, 15) is 0 Å². The Balaban J connectivity index is 3.82. The molecule has 1 rings (SSSR count). The molecule has 0 unspecified atom stereocenters. The normalized spacial score (nSPS) is 25.8. The van der Waals surface area contributed by atoms with Crippen LogP contribution in [0.5, 0.6) is 0 Å². The molecule has 0 heteroatoms. The Labute approximate surface area is 69.9 Å². The minimum Gasteiger partial charge on any atom is -0.0985 e. The van der Waals surface area contributed by atoms with E-state index in [1.165, 1.54) is 0 Å². The standard InChI is InChI=1S/C9H10/c1-3-9-6-4-8(2)5-7-9/h3-7H,1H2,2H3/i1D2,2D3,3D,4D,5D,6D,7D. The van der Waals surface area contributed by atoms with Gasteiger partial charge in [0.1, 0.15) is 0 Å². The third-order valence-corrected chi connectivity index (χ3v) is 0.750. The molecule has 0 fully saturated rings. The Morgan fingerprint density at radius 1 is 1.78 bits per heavy atom. The Morgan fingerprint density at radius 3 is 3.11 bits per heavy atom. The summed E-state index contributed by atoms with van der Waals surface area (Å²) in [5, 5.41) is 0. The maximum absolute atomic E-state index is 7.62. The SMILES string of the molecule is [2H]C([2H])=C([2H])c1c([2H])c([2H])c(C([2H])([2H])[2H])c([2H])c1[2H]. The van der Waals surface area contributed by atoms with Crippen molar-refractivity contribution < 1.29 is 13.7 Å². The third-order valence-electron chi connectivity index (χ3n) is 0.750. The van der Waals surface area contributed by atoms with Gasteiger partial charge in [0.15, 0.2) is 0 Å². The van der Waals surface area contributed by atoms with Crippen LogP contribution >= 0.6 is 0 Å². The average molecular weight is 128 g/mol. The molecule has 46 valence electrons. The van der Waals surface area contributed by atoms with E-state index in [1.54, 1.807) is 0 Å². The van der Waals surface area contributed by atoms with Crippen molar-refractivity contribution >= 4 is 6.05 Å². The summed E-state index contributed by atoms with van der Waals surface area (Å²) in [5.41, 5.74) is -1.27. The number of rotatable bonds is 1. The lowest BCUT2D eigenvalue weighted by atomic mass is 10.2. The van der Waals surface area contributed by atoms with Gasteiger partial charge in [-0.05, 0) is 12.4 Å². The van der Waals surface area contributed by atoms with E-state index in [0.29, 0.717) is 0 Å². The molecule has 0 aromatic heterocycles. The molecule has 0 radical (unpaired) electrons. The summed E-state index contributed by atoms with van der Waals surface area (Å²) >= 11 is 0. The Hall–Kier alpha value is -1.04. The minimum absolute atomic E-state index is 0.539. The van der Waals surface area contributed by atoms with Crippen molar-refractivity contribution in [3.05, 3.63) is 41.8 Å². The highest BCUT2D eigenvalue weighted by Gasteiger charge is 1.82. The highest BCUT2D eigenvalue weighted by Crippen LogP contribution is 2.02. The molecular weight excluding hydrogens is 108 g/mol. The predicted molar refractivity (Wildman–Crippen MR) is 41.3 cm³/mol. The van der Waals surface area contributed by atoms with Gasteiger partial charge in [0.25, 0.3) is 0 Å². The quantitative estimate of drug-likeness (QED) is 0.545. The van der Waals surface area contributed by atoms with Crippen molar-refractivity contribution in [3.63, 3.8) is 0 Å². The third kappa shape index (κ3) is 1.43. The first-order valence-corrected chi connectivity index (χ1v) is 2.25. The molecule has 0 saturated carbocycles. The summed E-state index contributed by atoms with van der Waals surface area (Å²) in [6.45, 7) is -3.78. The number of benzene rings is 1. The van der Waals surface area contributed by atoms with Gasteiger partial charge in [0, 0.05) is 4.11 Å².